The van der Waals surface area contributed by atoms with Crippen molar-refractivity contribution in [2.24, 2.45) is 0 Å². The average molecular weight is 338 g/mol. The molecule has 0 fully saturated rings. The Kier molecular flexibility index (Phi) is 4.25. The minimum Gasteiger partial charge on any atom is -0.507 e. The molecular formula is C21H20ClNO. The van der Waals surface area contributed by atoms with Gasteiger partial charge in [-0.2, -0.15) is 0 Å². The lowest BCUT2D eigenvalue weighted by atomic mass is 9.93. The van der Waals surface area contributed by atoms with Crippen molar-refractivity contribution in [3.63, 3.8) is 0 Å². The molecule has 3 rings (SSSR count). The normalized spacial score (nSPS) is 10.8. The van der Waals surface area contributed by atoms with Gasteiger partial charge in [-0.1, -0.05) is 35.9 Å². The van der Waals surface area contributed by atoms with Crippen molar-refractivity contribution in [2.45, 2.75) is 20.8 Å². The van der Waals surface area contributed by atoms with E-state index in [2.05, 4.69) is 26.0 Å². The van der Waals surface area contributed by atoms with Gasteiger partial charge in [0.25, 0.3) is 0 Å². The monoisotopic (exact) mass is 337 g/mol. The lowest BCUT2D eigenvalue weighted by Gasteiger charge is -2.14. The first-order chi connectivity index (χ1) is 11.4. The number of hydrogen-bond acceptors (Lipinski definition) is 2. The summed E-state index contributed by atoms with van der Waals surface area (Å²) in [4.78, 5) is 0. The van der Waals surface area contributed by atoms with Crippen LogP contribution in [0, 0.1) is 20.8 Å². The van der Waals surface area contributed by atoms with Crippen LogP contribution in [0.25, 0.3) is 22.3 Å². The van der Waals surface area contributed by atoms with Crippen LogP contribution in [0.4, 0.5) is 5.69 Å². The van der Waals surface area contributed by atoms with Crippen molar-refractivity contribution in [3.8, 4) is 28.0 Å². The number of halogens is 1. The molecule has 2 nitrogen and oxygen atoms in total. The highest BCUT2D eigenvalue weighted by molar-refractivity contribution is 6.33. The first-order valence-corrected chi connectivity index (χ1v) is 8.21. The Morgan fingerprint density at radius 2 is 1.38 bits per heavy atom. The predicted octanol–water partition coefficient (Wildman–Crippen LogP) is 5.89. The minimum absolute atomic E-state index is 0.254. The third kappa shape index (κ3) is 2.98. The van der Waals surface area contributed by atoms with Crippen LogP contribution in [0.3, 0.4) is 0 Å². The largest absolute Gasteiger partial charge is 0.507 e. The molecule has 24 heavy (non-hydrogen) atoms. The van der Waals surface area contributed by atoms with Gasteiger partial charge in [0.1, 0.15) is 5.75 Å². The molecule has 0 amide bonds. The van der Waals surface area contributed by atoms with E-state index in [1.807, 2.05) is 31.2 Å². The molecule has 3 aromatic rings. The SMILES string of the molecule is Cc1cc(-c2ccc(C)c(C)c2)c(O)c(-c2ccc(N)c(Cl)c2)c1. The highest BCUT2D eigenvalue weighted by Gasteiger charge is 2.13. The van der Waals surface area contributed by atoms with Crippen molar-refractivity contribution in [1.29, 1.82) is 0 Å². The van der Waals surface area contributed by atoms with Crippen LogP contribution in [-0.4, -0.2) is 5.11 Å². The summed E-state index contributed by atoms with van der Waals surface area (Å²) < 4.78 is 0. The Hall–Kier alpha value is -2.45. The van der Waals surface area contributed by atoms with Crippen LogP contribution in [0.1, 0.15) is 16.7 Å². The quantitative estimate of drug-likeness (QED) is 0.573. The van der Waals surface area contributed by atoms with Gasteiger partial charge in [0, 0.05) is 11.1 Å². The highest BCUT2D eigenvalue weighted by atomic mass is 35.5. The molecule has 0 atom stereocenters. The van der Waals surface area contributed by atoms with Gasteiger partial charge in [0.15, 0.2) is 0 Å². The second-order valence-corrected chi connectivity index (χ2v) is 6.65. The third-order valence-electron chi connectivity index (χ3n) is 4.38. The zero-order valence-electron chi connectivity index (χ0n) is 14.0. The van der Waals surface area contributed by atoms with E-state index >= 15 is 0 Å². The van der Waals surface area contributed by atoms with Gasteiger partial charge in [-0.3, -0.25) is 0 Å². The maximum atomic E-state index is 10.9. The predicted molar refractivity (Wildman–Crippen MR) is 103 cm³/mol. The Balaban J connectivity index is 2.21. The zero-order chi connectivity index (χ0) is 17.4. The maximum Gasteiger partial charge on any atom is 0.131 e. The van der Waals surface area contributed by atoms with Crippen LogP contribution in [0.2, 0.25) is 5.02 Å². The van der Waals surface area contributed by atoms with E-state index < -0.39 is 0 Å². The number of nitrogens with two attached hydrogens (primary N) is 1. The molecule has 3 N–H and O–H groups in total. The number of benzene rings is 3. The lowest BCUT2D eigenvalue weighted by molar-refractivity contribution is 0.479. The van der Waals surface area contributed by atoms with Crippen LogP contribution in [0.5, 0.6) is 5.75 Å². The summed E-state index contributed by atoms with van der Waals surface area (Å²) in [6, 6.07) is 15.6. The molecule has 0 aliphatic rings. The summed E-state index contributed by atoms with van der Waals surface area (Å²) in [6.07, 6.45) is 0. The molecule has 0 heterocycles. The van der Waals surface area contributed by atoms with Gasteiger partial charge >= 0.3 is 0 Å². The van der Waals surface area contributed by atoms with Gasteiger partial charge in [-0.05, 0) is 72.9 Å². The van der Waals surface area contributed by atoms with Crippen LogP contribution < -0.4 is 5.73 Å². The summed E-state index contributed by atoms with van der Waals surface area (Å²) >= 11 is 6.14. The van der Waals surface area contributed by atoms with Crippen LogP contribution in [-0.2, 0) is 0 Å². The number of aryl methyl sites for hydroxylation is 3. The number of rotatable bonds is 2. The van der Waals surface area contributed by atoms with Crippen molar-refractivity contribution in [2.75, 3.05) is 5.73 Å². The molecule has 0 radical (unpaired) electrons. The van der Waals surface area contributed by atoms with Crippen molar-refractivity contribution in [3.05, 3.63) is 70.2 Å². The fraction of sp³-hybridized carbons (Fsp3) is 0.143. The standard InChI is InChI=1S/C21H20ClNO/c1-12-8-17(15-5-4-13(2)14(3)10-15)21(24)18(9-12)16-6-7-20(23)19(22)11-16/h4-11,24H,23H2,1-3H3. The number of phenols is 1. The summed E-state index contributed by atoms with van der Waals surface area (Å²) in [7, 11) is 0. The van der Waals surface area contributed by atoms with Crippen molar-refractivity contribution in [1.82, 2.24) is 0 Å². The molecule has 122 valence electrons. The second-order valence-electron chi connectivity index (χ2n) is 6.24. The fourth-order valence-corrected chi connectivity index (χ4v) is 3.00. The van der Waals surface area contributed by atoms with E-state index in [9.17, 15) is 5.11 Å². The maximum absolute atomic E-state index is 10.9. The van der Waals surface area contributed by atoms with E-state index in [0.717, 1.165) is 27.8 Å². The molecule has 0 aliphatic heterocycles. The van der Waals surface area contributed by atoms with Crippen LogP contribution in [0.15, 0.2) is 48.5 Å². The minimum atomic E-state index is 0.254. The number of anilines is 1. The summed E-state index contributed by atoms with van der Waals surface area (Å²) in [5.74, 6) is 0.254. The Labute approximate surface area is 147 Å². The topological polar surface area (TPSA) is 46.2 Å². The molecule has 0 spiro atoms. The first-order valence-electron chi connectivity index (χ1n) is 7.83. The molecule has 3 aromatic carbocycles. The number of hydrogen-bond donors (Lipinski definition) is 2. The van der Waals surface area contributed by atoms with Gasteiger partial charge in [-0.15, -0.1) is 0 Å². The van der Waals surface area contributed by atoms with E-state index in [-0.39, 0.29) is 5.75 Å². The average Bonchev–Trinajstić information content (AvgIpc) is 2.54. The summed E-state index contributed by atoms with van der Waals surface area (Å²) in [5.41, 5.74) is 13.3. The Morgan fingerprint density at radius 3 is 1.96 bits per heavy atom. The molecule has 0 aliphatic carbocycles. The summed E-state index contributed by atoms with van der Waals surface area (Å²) in [6.45, 7) is 6.18. The molecule has 0 saturated carbocycles. The summed E-state index contributed by atoms with van der Waals surface area (Å²) in [5, 5.41) is 11.4. The van der Waals surface area contributed by atoms with Gasteiger partial charge < -0.3 is 10.8 Å². The number of phenolic OH excluding ortho intramolecular Hbond substituents is 1. The van der Waals surface area contributed by atoms with E-state index in [1.165, 1.54) is 11.1 Å². The van der Waals surface area contributed by atoms with E-state index in [4.69, 9.17) is 17.3 Å². The molecule has 0 saturated heterocycles. The third-order valence-corrected chi connectivity index (χ3v) is 4.71. The molecule has 0 aromatic heterocycles. The number of aromatic hydroxyl groups is 1. The van der Waals surface area contributed by atoms with E-state index in [0.29, 0.717) is 10.7 Å². The van der Waals surface area contributed by atoms with Gasteiger partial charge in [0.05, 0.1) is 10.7 Å². The smallest absolute Gasteiger partial charge is 0.131 e. The molecule has 3 heteroatoms. The lowest BCUT2D eigenvalue weighted by Crippen LogP contribution is -1.90. The zero-order valence-corrected chi connectivity index (χ0v) is 14.8. The van der Waals surface area contributed by atoms with Crippen molar-refractivity contribution >= 4 is 17.3 Å². The van der Waals surface area contributed by atoms with Crippen LogP contribution >= 0.6 is 11.6 Å². The second kappa shape index (κ2) is 6.21. The highest BCUT2D eigenvalue weighted by Crippen LogP contribution is 2.40. The Morgan fingerprint density at radius 1 is 0.792 bits per heavy atom. The molecular weight excluding hydrogens is 318 g/mol. The fourth-order valence-electron chi connectivity index (χ4n) is 2.82. The first kappa shape index (κ1) is 16.4. The molecule has 0 bridgehead atoms. The van der Waals surface area contributed by atoms with Gasteiger partial charge in [0.2, 0.25) is 0 Å². The molecule has 0 unspecified atom stereocenters. The number of nitrogen functional groups attached to an aromatic ring is 1. The van der Waals surface area contributed by atoms with E-state index in [1.54, 1.807) is 12.1 Å². The van der Waals surface area contributed by atoms with Crippen molar-refractivity contribution < 1.29 is 5.11 Å². The Bertz CT molecular complexity index is 859. The van der Waals surface area contributed by atoms with Gasteiger partial charge in [-0.25, -0.2) is 0 Å².